The summed E-state index contributed by atoms with van der Waals surface area (Å²) in [6, 6.07) is 18.9. The van der Waals surface area contributed by atoms with Gasteiger partial charge in [-0.15, -0.1) is 11.8 Å². The third kappa shape index (κ3) is 7.56. The lowest BCUT2D eigenvalue weighted by atomic mass is 10.1. The Kier molecular flexibility index (Phi) is 8.52. The van der Waals surface area contributed by atoms with Gasteiger partial charge in [-0.2, -0.15) is 13.2 Å². The maximum Gasteiger partial charge on any atom is 0.418 e. The molecular formula is C25H22F3N3O2S2. The lowest BCUT2D eigenvalue weighted by Gasteiger charge is -2.16. The van der Waals surface area contributed by atoms with Gasteiger partial charge in [0.25, 0.3) is 0 Å². The number of rotatable bonds is 7. The molecule has 1 unspecified atom stereocenters. The van der Waals surface area contributed by atoms with Crippen molar-refractivity contribution < 1.29 is 22.8 Å². The molecule has 0 aliphatic heterocycles. The number of benzene rings is 3. The van der Waals surface area contributed by atoms with E-state index in [9.17, 15) is 22.8 Å². The van der Waals surface area contributed by atoms with Crippen LogP contribution < -0.4 is 16.0 Å². The minimum Gasteiger partial charge on any atom is -0.332 e. The van der Waals surface area contributed by atoms with Crippen LogP contribution in [0.3, 0.4) is 0 Å². The second-order valence-electron chi connectivity index (χ2n) is 7.53. The molecule has 0 aromatic heterocycles. The number of thiocarbonyl (C=S) groups is 1. The Hall–Kier alpha value is -3.37. The number of ketones is 1. The molecule has 10 heteroatoms. The summed E-state index contributed by atoms with van der Waals surface area (Å²) in [6.07, 6.45) is -4.57. The molecule has 5 nitrogen and oxygen atoms in total. The Morgan fingerprint density at radius 1 is 0.886 bits per heavy atom. The van der Waals surface area contributed by atoms with Crippen LogP contribution in [-0.4, -0.2) is 22.1 Å². The number of thioether (sulfide) groups is 1. The number of nitrogens with one attached hydrogen (secondary N) is 3. The summed E-state index contributed by atoms with van der Waals surface area (Å²) in [5.41, 5.74) is 0.805. The Morgan fingerprint density at radius 2 is 1.54 bits per heavy atom. The molecule has 0 heterocycles. The zero-order chi connectivity index (χ0) is 25.6. The number of anilines is 3. The molecule has 0 aliphatic carbocycles. The van der Waals surface area contributed by atoms with E-state index in [1.807, 2.05) is 0 Å². The van der Waals surface area contributed by atoms with Crippen LogP contribution in [0.5, 0.6) is 0 Å². The summed E-state index contributed by atoms with van der Waals surface area (Å²) in [7, 11) is 0. The smallest absolute Gasteiger partial charge is 0.332 e. The van der Waals surface area contributed by atoms with Crippen LogP contribution in [-0.2, 0) is 11.0 Å². The van der Waals surface area contributed by atoms with Crippen molar-refractivity contribution in [2.45, 2.75) is 30.2 Å². The maximum atomic E-state index is 13.2. The monoisotopic (exact) mass is 517 g/mol. The van der Waals surface area contributed by atoms with Crippen molar-refractivity contribution in [1.29, 1.82) is 0 Å². The van der Waals surface area contributed by atoms with Crippen LogP contribution in [0.25, 0.3) is 0 Å². The first kappa shape index (κ1) is 26.2. The quantitative estimate of drug-likeness (QED) is 0.181. The van der Waals surface area contributed by atoms with Crippen molar-refractivity contribution >= 4 is 57.8 Å². The molecule has 0 fully saturated rings. The van der Waals surface area contributed by atoms with Gasteiger partial charge in [-0.3, -0.25) is 9.59 Å². The average Bonchev–Trinajstić information content (AvgIpc) is 2.79. The maximum absolute atomic E-state index is 13.2. The van der Waals surface area contributed by atoms with Gasteiger partial charge in [0.2, 0.25) is 5.91 Å². The van der Waals surface area contributed by atoms with E-state index < -0.39 is 22.9 Å². The third-order valence-electron chi connectivity index (χ3n) is 4.81. The standard InChI is InChI=1S/C25H22F3N3O2S2/c1-15(32)17-10-12-18(13-11-17)29-24(34)30-19-6-5-7-20(14-19)35-16(2)23(33)31-22-9-4-3-8-21(22)25(26,27)28/h3-14,16H,1-2H3,(H,31,33)(H2,29,30,34). The van der Waals surface area contributed by atoms with Gasteiger partial charge in [0.15, 0.2) is 10.9 Å². The fraction of sp³-hybridized carbons (Fsp3) is 0.160. The van der Waals surface area contributed by atoms with Gasteiger partial charge in [0.05, 0.1) is 16.5 Å². The number of carbonyl (C=O) groups is 2. The zero-order valence-corrected chi connectivity index (χ0v) is 20.4. The number of hydrogen-bond donors (Lipinski definition) is 3. The van der Waals surface area contributed by atoms with Gasteiger partial charge in [0.1, 0.15) is 0 Å². The number of hydrogen-bond acceptors (Lipinski definition) is 4. The Balaban J connectivity index is 1.60. The van der Waals surface area contributed by atoms with Crippen molar-refractivity contribution in [3.8, 4) is 0 Å². The Bertz CT molecular complexity index is 1230. The second-order valence-corrected chi connectivity index (χ2v) is 9.36. The lowest BCUT2D eigenvalue weighted by Crippen LogP contribution is -2.24. The van der Waals surface area contributed by atoms with Crippen LogP contribution in [0.4, 0.5) is 30.2 Å². The zero-order valence-electron chi connectivity index (χ0n) is 18.8. The van der Waals surface area contributed by atoms with E-state index in [2.05, 4.69) is 16.0 Å². The van der Waals surface area contributed by atoms with Gasteiger partial charge in [0, 0.05) is 21.8 Å². The van der Waals surface area contributed by atoms with Crippen molar-refractivity contribution in [3.63, 3.8) is 0 Å². The van der Waals surface area contributed by atoms with Gasteiger partial charge >= 0.3 is 6.18 Å². The number of Topliss-reactive ketones (excluding diaryl/α,β-unsaturated/α-hetero) is 1. The van der Waals surface area contributed by atoms with Crippen LogP contribution in [0.1, 0.15) is 29.8 Å². The van der Waals surface area contributed by atoms with Crippen LogP contribution in [0, 0.1) is 0 Å². The lowest BCUT2D eigenvalue weighted by molar-refractivity contribution is -0.137. The summed E-state index contributed by atoms with van der Waals surface area (Å²) < 4.78 is 39.6. The molecule has 0 spiro atoms. The molecule has 1 atom stereocenters. The SMILES string of the molecule is CC(=O)c1ccc(NC(=S)Nc2cccc(SC(C)C(=O)Nc3ccccc3C(F)(F)F)c2)cc1. The Morgan fingerprint density at radius 3 is 2.20 bits per heavy atom. The van der Waals surface area contributed by atoms with Crippen molar-refractivity contribution in [3.05, 3.63) is 83.9 Å². The van der Waals surface area contributed by atoms with E-state index in [-0.39, 0.29) is 11.5 Å². The molecule has 3 aromatic rings. The number of alkyl halides is 3. The molecule has 182 valence electrons. The molecular weight excluding hydrogens is 495 g/mol. The predicted octanol–water partition coefficient (Wildman–Crippen LogP) is 6.84. The number of amides is 1. The molecule has 0 saturated heterocycles. The molecule has 1 amide bonds. The van der Waals surface area contributed by atoms with E-state index in [0.717, 1.165) is 11.0 Å². The number of halogens is 3. The number of para-hydroxylation sites is 1. The summed E-state index contributed by atoms with van der Waals surface area (Å²) in [5.74, 6) is -0.574. The van der Waals surface area contributed by atoms with Gasteiger partial charge < -0.3 is 16.0 Å². The highest BCUT2D eigenvalue weighted by Crippen LogP contribution is 2.35. The molecule has 0 saturated carbocycles. The van der Waals surface area contributed by atoms with Crippen LogP contribution >= 0.6 is 24.0 Å². The summed E-state index contributed by atoms with van der Waals surface area (Å²) in [4.78, 5) is 24.7. The minimum atomic E-state index is -4.57. The molecule has 0 radical (unpaired) electrons. The predicted molar refractivity (Wildman–Crippen MR) is 138 cm³/mol. The third-order valence-corrected chi connectivity index (χ3v) is 6.11. The average molecular weight is 518 g/mol. The highest BCUT2D eigenvalue weighted by atomic mass is 32.2. The van der Waals surface area contributed by atoms with Gasteiger partial charge in [-0.1, -0.05) is 18.2 Å². The fourth-order valence-corrected chi connectivity index (χ4v) is 4.22. The van der Waals surface area contributed by atoms with Crippen LogP contribution in [0.15, 0.2) is 77.7 Å². The first-order chi connectivity index (χ1) is 16.5. The minimum absolute atomic E-state index is 0.0287. The Labute approximate surface area is 210 Å². The topological polar surface area (TPSA) is 70.2 Å². The molecule has 0 bridgehead atoms. The van der Waals surface area contributed by atoms with E-state index in [0.29, 0.717) is 22.1 Å². The van der Waals surface area contributed by atoms with E-state index in [1.165, 1.54) is 36.9 Å². The number of carbonyl (C=O) groups excluding carboxylic acids is 2. The van der Waals surface area contributed by atoms with Crippen LogP contribution in [0.2, 0.25) is 0 Å². The van der Waals surface area contributed by atoms with Crippen molar-refractivity contribution in [1.82, 2.24) is 0 Å². The second kappa shape index (κ2) is 11.4. The van der Waals surface area contributed by atoms with E-state index >= 15 is 0 Å². The first-order valence-electron chi connectivity index (χ1n) is 10.5. The van der Waals surface area contributed by atoms with E-state index in [1.54, 1.807) is 55.5 Å². The summed E-state index contributed by atoms with van der Waals surface area (Å²) in [6.45, 7) is 3.11. The largest absolute Gasteiger partial charge is 0.418 e. The van der Waals surface area contributed by atoms with Gasteiger partial charge in [-0.25, -0.2) is 0 Å². The fourth-order valence-electron chi connectivity index (χ4n) is 3.06. The van der Waals surface area contributed by atoms with Crippen molar-refractivity contribution in [2.75, 3.05) is 16.0 Å². The van der Waals surface area contributed by atoms with E-state index in [4.69, 9.17) is 12.2 Å². The van der Waals surface area contributed by atoms with Gasteiger partial charge in [-0.05, 0) is 80.7 Å². The normalized spacial score (nSPS) is 11.9. The summed E-state index contributed by atoms with van der Waals surface area (Å²) in [5, 5.41) is 8.12. The first-order valence-corrected chi connectivity index (χ1v) is 11.7. The summed E-state index contributed by atoms with van der Waals surface area (Å²) >= 11 is 6.54. The molecule has 35 heavy (non-hydrogen) atoms. The highest BCUT2D eigenvalue weighted by Gasteiger charge is 2.33. The highest BCUT2D eigenvalue weighted by molar-refractivity contribution is 8.00. The van der Waals surface area contributed by atoms with Crippen molar-refractivity contribution in [2.24, 2.45) is 0 Å². The molecule has 3 aromatic carbocycles. The molecule has 3 rings (SSSR count). The molecule has 3 N–H and O–H groups in total. The molecule has 0 aliphatic rings.